The van der Waals surface area contributed by atoms with Crippen molar-refractivity contribution in [1.82, 2.24) is 4.90 Å². The van der Waals surface area contributed by atoms with Crippen LogP contribution in [0.25, 0.3) is 0 Å². The van der Waals surface area contributed by atoms with E-state index in [-0.39, 0.29) is 30.6 Å². The number of benzene rings is 1. The molecule has 5 atom stereocenters. The first-order chi connectivity index (χ1) is 20.6. The number of piperidine rings is 1. The SMILES string of the molecule is C[C@]12C[C@H](c3ccc(CN4CCC(OC(=O)O)CC4)cc3)C3=C4CCC(=O)C=C4CCC3C1CC[C@]2(O)C(F)(F)C(F)(F)F. The number of nitrogens with zero attached hydrogens (tertiary/aromatic N) is 1. The van der Waals surface area contributed by atoms with Gasteiger partial charge in [0.05, 0.1) is 0 Å². The number of aliphatic hydroxyl groups is 1. The van der Waals surface area contributed by atoms with Crippen LogP contribution in [0.5, 0.6) is 0 Å². The van der Waals surface area contributed by atoms with Crippen molar-refractivity contribution in [2.45, 2.75) is 101 Å². The highest BCUT2D eigenvalue weighted by Crippen LogP contribution is 2.70. The fraction of sp³-hybridized carbons (Fsp3) is 0.636. The highest BCUT2D eigenvalue weighted by Gasteiger charge is 2.79. The van der Waals surface area contributed by atoms with Gasteiger partial charge < -0.3 is 14.9 Å². The van der Waals surface area contributed by atoms with Crippen LogP contribution in [0.15, 0.2) is 47.1 Å². The predicted octanol–water partition coefficient (Wildman–Crippen LogP) is 7.17. The van der Waals surface area contributed by atoms with Gasteiger partial charge in [0, 0.05) is 37.4 Å². The van der Waals surface area contributed by atoms with Crippen LogP contribution < -0.4 is 0 Å². The number of carbonyl (C=O) groups is 2. The predicted molar refractivity (Wildman–Crippen MR) is 150 cm³/mol. The van der Waals surface area contributed by atoms with E-state index < -0.39 is 47.5 Å². The van der Waals surface area contributed by atoms with Gasteiger partial charge in [0.1, 0.15) is 11.7 Å². The number of ketones is 1. The summed E-state index contributed by atoms with van der Waals surface area (Å²) in [5, 5.41) is 20.3. The molecule has 1 aliphatic heterocycles. The standard InChI is InChI=1S/C33H38F5NO5/c1-30-17-26(20-4-2-19(3-5-20)18-39-14-11-23(12-15-39)44-29(41)42)28-24-9-7-22(40)16-21(24)6-8-25(28)27(30)10-13-31(30,43)32(34,35)33(36,37)38/h2-5,16,23,25-27,43H,6-15,17-18H2,1H3,(H,41,42)/t25?,26-,27?,30+,31-/m1/s1. The molecule has 0 aromatic heterocycles. The molecule has 44 heavy (non-hydrogen) atoms. The van der Waals surface area contributed by atoms with Gasteiger partial charge in [-0.3, -0.25) is 9.69 Å². The maximum Gasteiger partial charge on any atom is 0.506 e. The fourth-order valence-electron chi connectivity index (χ4n) is 9.16. The smallest absolute Gasteiger partial charge is 0.450 e. The second-order valence-electron chi connectivity index (χ2n) is 13.6. The van der Waals surface area contributed by atoms with Gasteiger partial charge in [0.25, 0.3) is 0 Å². The molecule has 1 aromatic carbocycles. The Kier molecular flexibility index (Phi) is 7.75. The molecule has 2 unspecified atom stereocenters. The molecular formula is C33H38F5NO5. The Morgan fingerprint density at radius 3 is 2.34 bits per heavy atom. The highest BCUT2D eigenvalue weighted by atomic mass is 19.4. The van der Waals surface area contributed by atoms with Crippen LogP contribution in [0.1, 0.15) is 81.8 Å². The number of allylic oxidation sites excluding steroid dienone is 4. The van der Waals surface area contributed by atoms with Gasteiger partial charge in [-0.1, -0.05) is 36.8 Å². The highest BCUT2D eigenvalue weighted by molar-refractivity contribution is 5.93. The number of likely N-dealkylation sites (tertiary alicyclic amines) is 1. The van der Waals surface area contributed by atoms with Crippen molar-refractivity contribution < 1.29 is 46.5 Å². The molecule has 240 valence electrons. The maximum atomic E-state index is 15.2. The van der Waals surface area contributed by atoms with E-state index in [9.17, 15) is 27.9 Å². The molecule has 1 saturated heterocycles. The molecule has 11 heteroatoms. The first-order valence-corrected chi connectivity index (χ1v) is 15.5. The minimum atomic E-state index is -5.88. The number of ether oxygens (including phenoxy) is 1. The second-order valence-corrected chi connectivity index (χ2v) is 13.6. The molecule has 0 spiro atoms. The largest absolute Gasteiger partial charge is 0.506 e. The lowest BCUT2D eigenvalue weighted by atomic mass is 9.50. The molecule has 0 amide bonds. The van der Waals surface area contributed by atoms with Crippen LogP contribution in [-0.2, 0) is 16.1 Å². The molecule has 4 aliphatic carbocycles. The fourth-order valence-corrected chi connectivity index (χ4v) is 9.16. The average molecular weight is 624 g/mol. The van der Waals surface area contributed by atoms with Crippen LogP contribution in [0.4, 0.5) is 26.7 Å². The van der Waals surface area contributed by atoms with E-state index in [1.54, 1.807) is 6.08 Å². The second kappa shape index (κ2) is 10.9. The Bertz CT molecular complexity index is 1380. The van der Waals surface area contributed by atoms with Gasteiger partial charge >= 0.3 is 18.3 Å². The topological polar surface area (TPSA) is 87.1 Å². The first-order valence-electron chi connectivity index (χ1n) is 15.5. The van der Waals surface area contributed by atoms with Crippen LogP contribution in [0.3, 0.4) is 0 Å². The summed E-state index contributed by atoms with van der Waals surface area (Å²) < 4.78 is 76.6. The molecule has 3 fully saturated rings. The molecular weight excluding hydrogens is 585 g/mol. The summed E-state index contributed by atoms with van der Waals surface area (Å²) in [6.45, 7) is 3.38. The van der Waals surface area contributed by atoms with E-state index in [4.69, 9.17) is 9.84 Å². The Hall–Kier alpha value is -2.79. The number of carbonyl (C=O) groups excluding carboxylic acids is 1. The molecule has 0 bridgehead atoms. The van der Waals surface area contributed by atoms with E-state index in [2.05, 4.69) is 4.90 Å². The minimum absolute atomic E-state index is 0.0444. The van der Waals surface area contributed by atoms with Gasteiger partial charge in [0.15, 0.2) is 5.78 Å². The van der Waals surface area contributed by atoms with Crippen molar-refractivity contribution >= 4 is 11.9 Å². The maximum absolute atomic E-state index is 15.2. The summed E-state index contributed by atoms with van der Waals surface area (Å²) >= 11 is 0. The van der Waals surface area contributed by atoms with Gasteiger partial charge in [-0.15, -0.1) is 0 Å². The third kappa shape index (κ3) is 4.98. The normalized spacial score (nSPS) is 33.4. The van der Waals surface area contributed by atoms with E-state index in [0.29, 0.717) is 58.2 Å². The molecule has 6 rings (SSSR count). The van der Waals surface area contributed by atoms with E-state index >= 15 is 8.78 Å². The average Bonchev–Trinajstić information content (AvgIpc) is 3.24. The number of hydrogen-bond acceptors (Lipinski definition) is 5. The zero-order valence-corrected chi connectivity index (χ0v) is 24.6. The third-order valence-electron chi connectivity index (χ3n) is 11.4. The molecule has 6 nitrogen and oxygen atoms in total. The van der Waals surface area contributed by atoms with E-state index in [1.165, 1.54) is 6.92 Å². The number of halogens is 5. The van der Waals surface area contributed by atoms with E-state index in [0.717, 1.165) is 27.8 Å². The van der Waals surface area contributed by atoms with Gasteiger partial charge in [0.2, 0.25) is 0 Å². The molecule has 1 aromatic rings. The van der Waals surface area contributed by atoms with Crippen molar-refractivity contribution in [2.24, 2.45) is 17.3 Å². The zero-order valence-electron chi connectivity index (χ0n) is 24.6. The Morgan fingerprint density at radius 2 is 1.70 bits per heavy atom. The summed E-state index contributed by atoms with van der Waals surface area (Å²) in [5.41, 5.74) is -0.0790. The minimum Gasteiger partial charge on any atom is -0.450 e. The number of hydrogen-bond donors (Lipinski definition) is 2. The lowest BCUT2D eigenvalue weighted by molar-refractivity contribution is -0.362. The lowest BCUT2D eigenvalue weighted by Crippen LogP contribution is -2.65. The van der Waals surface area contributed by atoms with Crippen molar-refractivity contribution in [3.63, 3.8) is 0 Å². The van der Waals surface area contributed by atoms with Crippen molar-refractivity contribution in [3.05, 3.63) is 58.2 Å². The summed E-state index contributed by atoms with van der Waals surface area (Å²) in [7, 11) is 0. The van der Waals surface area contributed by atoms with Crippen LogP contribution in [-0.4, -0.2) is 63.9 Å². The molecule has 1 heterocycles. The summed E-state index contributed by atoms with van der Waals surface area (Å²) in [6.07, 6.45) is -3.25. The number of alkyl halides is 5. The van der Waals surface area contributed by atoms with Gasteiger partial charge in [-0.25, -0.2) is 4.79 Å². The first kappa shape index (κ1) is 31.2. The van der Waals surface area contributed by atoms with Crippen molar-refractivity contribution in [1.29, 1.82) is 0 Å². The summed E-state index contributed by atoms with van der Waals surface area (Å²) in [6, 6.07) is 7.71. The lowest BCUT2D eigenvalue weighted by Gasteiger charge is -2.56. The molecule has 2 N–H and O–H groups in total. The van der Waals surface area contributed by atoms with Crippen LogP contribution in [0.2, 0.25) is 0 Å². The van der Waals surface area contributed by atoms with Crippen LogP contribution in [0, 0.1) is 17.3 Å². The van der Waals surface area contributed by atoms with Crippen molar-refractivity contribution in [2.75, 3.05) is 13.1 Å². The Balaban J connectivity index is 1.33. The number of rotatable bonds is 5. The van der Waals surface area contributed by atoms with Gasteiger partial charge in [-0.2, -0.15) is 22.0 Å². The molecule has 2 saturated carbocycles. The molecule has 0 radical (unpaired) electrons. The summed E-state index contributed by atoms with van der Waals surface area (Å²) in [5.74, 6) is -6.48. The Labute approximate surface area is 252 Å². The number of fused-ring (bicyclic) bond motifs is 4. The van der Waals surface area contributed by atoms with E-state index in [1.807, 2.05) is 24.3 Å². The monoisotopic (exact) mass is 623 g/mol. The Morgan fingerprint density at radius 1 is 1.02 bits per heavy atom. The third-order valence-corrected chi connectivity index (χ3v) is 11.4. The van der Waals surface area contributed by atoms with Crippen molar-refractivity contribution in [3.8, 4) is 0 Å². The zero-order chi connectivity index (χ0) is 31.7. The van der Waals surface area contributed by atoms with Gasteiger partial charge in [-0.05, 0) is 91.6 Å². The number of carboxylic acid groups (broad SMARTS) is 1. The van der Waals surface area contributed by atoms with Crippen LogP contribution >= 0.6 is 0 Å². The molecule has 5 aliphatic rings. The quantitative estimate of drug-likeness (QED) is 0.267. The summed E-state index contributed by atoms with van der Waals surface area (Å²) in [4.78, 5) is 25.3.